The summed E-state index contributed by atoms with van der Waals surface area (Å²) in [5.41, 5.74) is 0. The summed E-state index contributed by atoms with van der Waals surface area (Å²) < 4.78 is 52.3. The number of halogens is 2. The Labute approximate surface area is 123 Å². The zero-order chi connectivity index (χ0) is 16.0. The van der Waals surface area contributed by atoms with Crippen LogP contribution in [0.15, 0.2) is 11.0 Å². The number of hydrogen-bond donors (Lipinski definition) is 2. The van der Waals surface area contributed by atoms with Crippen molar-refractivity contribution in [1.29, 1.82) is 0 Å². The highest BCUT2D eigenvalue weighted by atomic mass is 32.2. The summed E-state index contributed by atoms with van der Waals surface area (Å²) in [4.78, 5) is 10.6. The van der Waals surface area contributed by atoms with E-state index in [4.69, 9.17) is 5.11 Å². The lowest BCUT2D eigenvalue weighted by Gasteiger charge is -2.34. The van der Waals surface area contributed by atoms with Crippen LogP contribution in [-0.4, -0.2) is 54.0 Å². The van der Waals surface area contributed by atoms with E-state index < -0.39 is 34.6 Å². The minimum atomic E-state index is -4.21. The van der Waals surface area contributed by atoms with Crippen LogP contribution in [0.1, 0.15) is 21.0 Å². The molecule has 0 saturated carbocycles. The highest BCUT2D eigenvalue weighted by Gasteiger charge is 2.47. The van der Waals surface area contributed by atoms with Crippen molar-refractivity contribution in [2.24, 2.45) is 0 Å². The van der Waals surface area contributed by atoms with Crippen molar-refractivity contribution >= 4 is 27.3 Å². The number of alkyl halides is 2. The minimum Gasteiger partial charge on any atom is -0.477 e. The van der Waals surface area contributed by atoms with Crippen LogP contribution >= 0.6 is 11.3 Å². The predicted molar refractivity (Wildman–Crippen MR) is 70.3 cm³/mol. The number of nitrogens with zero attached hydrogens (tertiary/aromatic N) is 1. The topological polar surface area (TPSA) is 94.9 Å². The lowest BCUT2D eigenvalue weighted by atomic mass is 10.1. The van der Waals surface area contributed by atoms with Gasteiger partial charge < -0.3 is 10.2 Å². The van der Waals surface area contributed by atoms with E-state index in [-0.39, 0.29) is 27.6 Å². The molecule has 21 heavy (non-hydrogen) atoms. The molecule has 10 heteroatoms. The first-order valence-electron chi connectivity index (χ1n) is 5.95. The zero-order valence-corrected chi connectivity index (χ0v) is 12.5. The molecule has 0 amide bonds. The number of aryl methyl sites for hydroxylation is 1. The number of carboxylic acids is 1. The Balaban J connectivity index is 2.37. The average molecular weight is 341 g/mol. The Hall–Kier alpha value is -1.10. The Kier molecular flexibility index (Phi) is 4.08. The molecule has 2 heterocycles. The maximum absolute atomic E-state index is 13.5. The molecule has 0 aromatic carbocycles. The van der Waals surface area contributed by atoms with Crippen LogP contribution in [0, 0.1) is 6.92 Å². The molecule has 0 aliphatic carbocycles. The number of thiophene rings is 1. The van der Waals surface area contributed by atoms with Gasteiger partial charge in [-0.15, -0.1) is 11.3 Å². The molecule has 0 bridgehead atoms. The van der Waals surface area contributed by atoms with Gasteiger partial charge in [0.2, 0.25) is 10.0 Å². The number of piperidine rings is 1. The first-order chi connectivity index (χ1) is 9.55. The molecule has 0 spiro atoms. The monoisotopic (exact) mass is 341 g/mol. The summed E-state index contributed by atoms with van der Waals surface area (Å²) in [5.74, 6) is -4.80. The van der Waals surface area contributed by atoms with Crippen molar-refractivity contribution in [3.05, 3.63) is 15.8 Å². The standard InChI is InChI=1S/C11H13F2NO5S2/c1-6-8(4-7(20-6)10(16)17)21(18,19)14-3-2-9(15)11(12,13)5-14/h4,9,15H,2-3,5H2,1H3,(H,16,17). The van der Waals surface area contributed by atoms with E-state index in [0.29, 0.717) is 4.31 Å². The summed E-state index contributed by atoms with van der Waals surface area (Å²) in [6, 6.07) is 0.973. The maximum Gasteiger partial charge on any atom is 0.345 e. The van der Waals surface area contributed by atoms with Crippen LogP contribution < -0.4 is 0 Å². The van der Waals surface area contributed by atoms with Crippen LogP contribution in [0.5, 0.6) is 0 Å². The highest BCUT2D eigenvalue weighted by Crippen LogP contribution is 2.33. The van der Waals surface area contributed by atoms with Gasteiger partial charge in [-0.2, -0.15) is 4.31 Å². The summed E-state index contributed by atoms with van der Waals surface area (Å²) in [6.45, 7) is 0.0614. The average Bonchev–Trinajstić information content (AvgIpc) is 2.75. The van der Waals surface area contributed by atoms with Gasteiger partial charge in [-0.25, -0.2) is 22.0 Å². The van der Waals surface area contributed by atoms with Gasteiger partial charge in [0.15, 0.2) is 0 Å². The minimum absolute atomic E-state index is 0.171. The summed E-state index contributed by atoms with van der Waals surface area (Å²) in [7, 11) is -4.21. The number of rotatable bonds is 3. The van der Waals surface area contributed by atoms with Crippen molar-refractivity contribution in [2.45, 2.75) is 30.3 Å². The fourth-order valence-corrected chi connectivity index (χ4v) is 4.93. The largest absolute Gasteiger partial charge is 0.477 e. The number of aromatic carboxylic acids is 1. The van der Waals surface area contributed by atoms with Crippen molar-refractivity contribution in [2.75, 3.05) is 13.1 Å². The van der Waals surface area contributed by atoms with Crippen molar-refractivity contribution < 1.29 is 32.2 Å². The second-order valence-electron chi connectivity index (χ2n) is 4.74. The molecule has 1 aromatic rings. The molecular formula is C11H13F2NO5S2. The van der Waals surface area contributed by atoms with Crippen LogP contribution in [-0.2, 0) is 10.0 Å². The normalized spacial score (nSPS) is 23.1. The van der Waals surface area contributed by atoms with E-state index in [1.165, 1.54) is 6.92 Å². The smallest absolute Gasteiger partial charge is 0.345 e. The Morgan fingerprint density at radius 1 is 1.52 bits per heavy atom. The molecule has 0 radical (unpaired) electrons. The third kappa shape index (κ3) is 2.93. The molecule has 1 aromatic heterocycles. The summed E-state index contributed by atoms with van der Waals surface area (Å²) in [5, 5.41) is 18.0. The third-order valence-corrected chi connectivity index (χ3v) is 6.37. The lowest BCUT2D eigenvalue weighted by molar-refractivity contribution is -0.136. The van der Waals surface area contributed by atoms with Crippen molar-refractivity contribution in [3.63, 3.8) is 0 Å². The van der Waals surface area contributed by atoms with Crippen LogP contribution in [0.4, 0.5) is 8.78 Å². The molecule has 1 aliphatic heterocycles. The van der Waals surface area contributed by atoms with Gasteiger partial charge in [-0.1, -0.05) is 0 Å². The fraction of sp³-hybridized carbons (Fsp3) is 0.545. The second-order valence-corrected chi connectivity index (χ2v) is 7.90. The van der Waals surface area contributed by atoms with Crippen LogP contribution in [0.25, 0.3) is 0 Å². The van der Waals surface area contributed by atoms with Gasteiger partial charge in [0, 0.05) is 11.4 Å². The van der Waals surface area contributed by atoms with Gasteiger partial charge in [0.05, 0.1) is 11.4 Å². The lowest BCUT2D eigenvalue weighted by Crippen LogP contribution is -2.53. The molecule has 1 unspecified atom stereocenters. The van der Waals surface area contributed by atoms with E-state index in [1.54, 1.807) is 0 Å². The number of aliphatic hydroxyl groups excluding tert-OH is 1. The van der Waals surface area contributed by atoms with E-state index in [2.05, 4.69) is 0 Å². The molecule has 2 rings (SSSR count). The Morgan fingerprint density at radius 3 is 2.62 bits per heavy atom. The number of aliphatic hydroxyl groups is 1. The zero-order valence-electron chi connectivity index (χ0n) is 10.9. The van der Waals surface area contributed by atoms with Gasteiger partial charge in [0.25, 0.3) is 5.92 Å². The van der Waals surface area contributed by atoms with Crippen molar-refractivity contribution in [3.8, 4) is 0 Å². The Bertz CT molecular complexity index is 670. The molecule has 6 nitrogen and oxygen atoms in total. The molecule has 1 saturated heterocycles. The quantitative estimate of drug-likeness (QED) is 0.860. The first kappa shape index (κ1) is 16.3. The molecule has 2 N–H and O–H groups in total. The molecule has 1 atom stereocenters. The predicted octanol–water partition coefficient (Wildman–Crippen LogP) is 1.15. The molecular weight excluding hydrogens is 328 g/mol. The number of hydrogen-bond acceptors (Lipinski definition) is 5. The molecule has 118 valence electrons. The van der Waals surface area contributed by atoms with Gasteiger partial charge in [-0.05, 0) is 19.4 Å². The van der Waals surface area contributed by atoms with E-state index in [9.17, 15) is 27.1 Å². The molecule has 1 fully saturated rings. The van der Waals surface area contributed by atoms with E-state index in [1.807, 2.05) is 0 Å². The van der Waals surface area contributed by atoms with Crippen LogP contribution in [0.3, 0.4) is 0 Å². The second kappa shape index (κ2) is 5.27. The first-order valence-corrected chi connectivity index (χ1v) is 8.21. The Morgan fingerprint density at radius 2 is 2.14 bits per heavy atom. The summed E-state index contributed by atoms with van der Waals surface area (Å²) >= 11 is 0.772. The van der Waals surface area contributed by atoms with E-state index >= 15 is 0 Å². The van der Waals surface area contributed by atoms with Crippen molar-refractivity contribution in [1.82, 2.24) is 4.31 Å². The highest BCUT2D eigenvalue weighted by molar-refractivity contribution is 7.89. The fourth-order valence-electron chi connectivity index (χ4n) is 2.07. The van der Waals surface area contributed by atoms with E-state index in [0.717, 1.165) is 17.4 Å². The van der Waals surface area contributed by atoms with Crippen LogP contribution in [0.2, 0.25) is 0 Å². The molecule has 1 aliphatic rings. The third-order valence-electron chi connectivity index (χ3n) is 3.23. The van der Waals surface area contributed by atoms with Gasteiger partial charge >= 0.3 is 5.97 Å². The van der Waals surface area contributed by atoms with Gasteiger partial charge in [-0.3, -0.25) is 0 Å². The van der Waals surface area contributed by atoms with Gasteiger partial charge in [0.1, 0.15) is 11.0 Å². The number of sulfonamides is 1. The summed E-state index contributed by atoms with van der Waals surface area (Å²) in [6.07, 6.45) is -2.25. The number of carbonyl (C=O) groups is 1. The maximum atomic E-state index is 13.5. The SMILES string of the molecule is Cc1sc(C(=O)O)cc1S(=O)(=O)N1CCC(O)C(F)(F)C1. The number of carboxylic acid groups (broad SMARTS) is 1.